The summed E-state index contributed by atoms with van der Waals surface area (Å²) in [5.74, 6) is -0.0484. The Kier molecular flexibility index (Phi) is 7.44. The predicted octanol–water partition coefficient (Wildman–Crippen LogP) is 3.01. The second kappa shape index (κ2) is 7.70. The number of carbonyl (C=O) groups excluding carboxylic acids is 1. The molecule has 3 atom stereocenters. The average Bonchev–Trinajstić information content (AvgIpc) is 2.24. The van der Waals surface area contributed by atoms with E-state index in [1.165, 1.54) is 0 Å². The highest BCUT2D eigenvalue weighted by Gasteiger charge is 2.30. The van der Waals surface area contributed by atoms with E-state index in [2.05, 4.69) is 0 Å². The molecule has 0 aromatic rings. The third kappa shape index (κ3) is 5.53. The molecule has 0 bridgehead atoms. The number of hydrogen-bond donors (Lipinski definition) is 1. The number of ether oxygens (including phenoxy) is 1. The summed E-state index contributed by atoms with van der Waals surface area (Å²) >= 11 is 0. The Morgan fingerprint density at radius 2 is 1.65 bits per heavy atom. The van der Waals surface area contributed by atoms with Crippen LogP contribution in [0.15, 0.2) is 0 Å². The average molecular weight is 244 g/mol. The largest absolute Gasteiger partial charge is 0.459 e. The summed E-state index contributed by atoms with van der Waals surface area (Å²) in [5, 5.41) is 10.0. The Labute approximate surface area is 106 Å². The van der Waals surface area contributed by atoms with E-state index in [0.29, 0.717) is 0 Å². The Hall–Kier alpha value is -0.570. The van der Waals surface area contributed by atoms with Gasteiger partial charge in [-0.1, -0.05) is 48.0 Å². The molecule has 102 valence electrons. The maximum Gasteiger partial charge on any atom is 0.309 e. The van der Waals surface area contributed by atoms with Gasteiger partial charge in [0.25, 0.3) is 0 Å². The van der Waals surface area contributed by atoms with Crippen molar-refractivity contribution in [2.45, 2.75) is 66.6 Å². The van der Waals surface area contributed by atoms with Gasteiger partial charge in [0.15, 0.2) is 0 Å². The fourth-order valence-corrected chi connectivity index (χ4v) is 1.78. The predicted molar refractivity (Wildman–Crippen MR) is 69.6 cm³/mol. The van der Waals surface area contributed by atoms with Crippen LogP contribution in [-0.2, 0) is 9.53 Å². The quantitative estimate of drug-likeness (QED) is 0.700. The van der Waals surface area contributed by atoms with E-state index in [1.807, 2.05) is 41.5 Å². The van der Waals surface area contributed by atoms with Crippen molar-refractivity contribution in [2.24, 2.45) is 17.8 Å². The maximum atomic E-state index is 11.8. The summed E-state index contributed by atoms with van der Waals surface area (Å²) in [5.41, 5.74) is 0. The molecule has 0 rings (SSSR count). The zero-order chi connectivity index (χ0) is 13.6. The van der Waals surface area contributed by atoms with Crippen molar-refractivity contribution in [3.63, 3.8) is 0 Å². The van der Waals surface area contributed by atoms with Gasteiger partial charge in [0.2, 0.25) is 0 Å². The van der Waals surface area contributed by atoms with Crippen molar-refractivity contribution in [2.75, 3.05) is 0 Å². The fraction of sp³-hybridized carbons (Fsp3) is 0.929. The minimum Gasteiger partial charge on any atom is -0.459 e. The summed E-state index contributed by atoms with van der Waals surface area (Å²) in [6.07, 6.45) is 0.811. The molecule has 0 fully saturated rings. The van der Waals surface area contributed by atoms with E-state index < -0.39 is 12.2 Å². The van der Waals surface area contributed by atoms with Crippen LogP contribution in [0.2, 0.25) is 0 Å². The molecular weight excluding hydrogens is 216 g/mol. The third-order valence-corrected chi connectivity index (χ3v) is 3.05. The summed E-state index contributed by atoms with van der Waals surface area (Å²) in [6, 6.07) is 0. The SMILES string of the molecule is CCCC(C)C(=O)OC(C(C)C)C(O)C(C)C. The molecule has 17 heavy (non-hydrogen) atoms. The van der Waals surface area contributed by atoms with Gasteiger partial charge in [-0.25, -0.2) is 0 Å². The lowest BCUT2D eigenvalue weighted by Crippen LogP contribution is -2.40. The highest BCUT2D eigenvalue weighted by Crippen LogP contribution is 2.20. The van der Waals surface area contributed by atoms with Crippen molar-refractivity contribution in [3.05, 3.63) is 0 Å². The first-order valence-corrected chi connectivity index (χ1v) is 6.69. The van der Waals surface area contributed by atoms with Crippen LogP contribution in [0.25, 0.3) is 0 Å². The van der Waals surface area contributed by atoms with Crippen molar-refractivity contribution >= 4 is 5.97 Å². The summed E-state index contributed by atoms with van der Waals surface area (Å²) in [4.78, 5) is 11.8. The second-order valence-corrected chi connectivity index (χ2v) is 5.57. The normalized spacial score (nSPS) is 17.0. The molecule has 1 N–H and O–H groups in total. The van der Waals surface area contributed by atoms with Gasteiger partial charge < -0.3 is 9.84 Å². The van der Waals surface area contributed by atoms with Crippen LogP contribution >= 0.6 is 0 Å². The van der Waals surface area contributed by atoms with Crippen LogP contribution in [0, 0.1) is 17.8 Å². The number of aliphatic hydroxyl groups is 1. The van der Waals surface area contributed by atoms with Gasteiger partial charge in [0.1, 0.15) is 6.10 Å². The molecule has 0 saturated heterocycles. The number of aliphatic hydroxyl groups excluding tert-OH is 1. The van der Waals surface area contributed by atoms with Crippen molar-refractivity contribution in [1.82, 2.24) is 0 Å². The Morgan fingerprint density at radius 3 is 2.00 bits per heavy atom. The van der Waals surface area contributed by atoms with Gasteiger partial charge in [-0.3, -0.25) is 4.79 Å². The van der Waals surface area contributed by atoms with E-state index in [1.54, 1.807) is 0 Å². The smallest absolute Gasteiger partial charge is 0.309 e. The van der Waals surface area contributed by atoms with Crippen LogP contribution in [-0.4, -0.2) is 23.3 Å². The molecule has 0 aliphatic heterocycles. The standard InChI is InChI=1S/C14H28O3/c1-7-8-11(6)14(16)17-13(10(4)5)12(15)9(2)3/h9-13,15H,7-8H2,1-6H3. The van der Waals surface area contributed by atoms with Crippen LogP contribution in [0.5, 0.6) is 0 Å². The first-order chi connectivity index (χ1) is 7.81. The summed E-state index contributed by atoms with van der Waals surface area (Å²) < 4.78 is 5.46. The fourth-order valence-electron chi connectivity index (χ4n) is 1.78. The van der Waals surface area contributed by atoms with Gasteiger partial charge in [-0.15, -0.1) is 0 Å². The Morgan fingerprint density at radius 1 is 1.12 bits per heavy atom. The summed E-state index contributed by atoms with van der Waals surface area (Å²) in [7, 11) is 0. The van der Waals surface area contributed by atoms with E-state index in [4.69, 9.17) is 4.74 Å². The van der Waals surface area contributed by atoms with Gasteiger partial charge in [0, 0.05) is 0 Å². The molecule has 3 nitrogen and oxygen atoms in total. The Balaban J connectivity index is 4.50. The number of hydrogen-bond acceptors (Lipinski definition) is 3. The minimum atomic E-state index is -0.590. The summed E-state index contributed by atoms with van der Waals surface area (Å²) in [6.45, 7) is 11.7. The molecule has 0 radical (unpaired) electrons. The first kappa shape index (κ1) is 16.4. The maximum absolute atomic E-state index is 11.8. The van der Waals surface area contributed by atoms with Gasteiger partial charge in [0.05, 0.1) is 12.0 Å². The highest BCUT2D eigenvalue weighted by molar-refractivity contribution is 5.72. The molecule has 0 amide bonds. The number of carbonyl (C=O) groups is 1. The second-order valence-electron chi connectivity index (χ2n) is 5.57. The molecule has 0 spiro atoms. The number of rotatable bonds is 7. The zero-order valence-corrected chi connectivity index (χ0v) is 12.1. The Bertz CT molecular complexity index is 224. The van der Waals surface area contributed by atoms with Gasteiger partial charge in [-0.05, 0) is 18.3 Å². The van der Waals surface area contributed by atoms with Crippen LogP contribution < -0.4 is 0 Å². The lowest BCUT2D eigenvalue weighted by atomic mass is 9.93. The van der Waals surface area contributed by atoms with Crippen LogP contribution in [0.4, 0.5) is 0 Å². The van der Waals surface area contributed by atoms with Gasteiger partial charge in [-0.2, -0.15) is 0 Å². The zero-order valence-electron chi connectivity index (χ0n) is 12.1. The molecular formula is C14H28O3. The molecule has 3 unspecified atom stereocenters. The monoisotopic (exact) mass is 244 g/mol. The van der Waals surface area contributed by atoms with Crippen LogP contribution in [0.1, 0.15) is 54.4 Å². The van der Waals surface area contributed by atoms with Crippen molar-refractivity contribution in [3.8, 4) is 0 Å². The molecule has 0 aliphatic rings. The highest BCUT2D eigenvalue weighted by atomic mass is 16.6. The molecule has 0 aromatic heterocycles. The van der Waals surface area contributed by atoms with Crippen molar-refractivity contribution < 1.29 is 14.6 Å². The minimum absolute atomic E-state index is 0.0828. The van der Waals surface area contributed by atoms with Crippen molar-refractivity contribution in [1.29, 1.82) is 0 Å². The van der Waals surface area contributed by atoms with E-state index in [9.17, 15) is 9.90 Å². The lowest BCUT2D eigenvalue weighted by Gasteiger charge is -2.29. The topological polar surface area (TPSA) is 46.5 Å². The lowest BCUT2D eigenvalue weighted by molar-refractivity contribution is -0.165. The molecule has 0 heterocycles. The molecule has 0 aromatic carbocycles. The van der Waals surface area contributed by atoms with E-state index in [0.717, 1.165) is 12.8 Å². The third-order valence-electron chi connectivity index (χ3n) is 3.05. The van der Waals surface area contributed by atoms with E-state index in [-0.39, 0.29) is 23.7 Å². The number of esters is 1. The van der Waals surface area contributed by atoms with E-state index >= 15 is 0 Å². The molecule has 0 aliphatic carbocycles. The molecule has 0 saturated carbocycles. The van der Waals surface area contributed by atoms with Crippen LogP contribution in [0.3, 0.4) is 0 Å². The first-order valence-electron chi connectivity index (χ1n) is 6.69. The molecule has 3 heteroatoms. The van der Waals surface area contributed by atoms with Gasteiger partial charge >= 0.3 is 5.97 Å².